The van der Waals surface area contributed by atoms with Crippen LogP contribution in [-0.4, -0.2) is 53.2 Å². The summed E-state index contributed by atoms with van der Waals surface area (Å²) in [6.45, 7) is 4.78. The zero-order valence-corrected chi connectivity index (χ0v) is 15.8. The number of ether oxygens (including phenoxy) is 1. The average molecular weight is 382 g/mol. The lowest BCUT2D eigenvalue weighted by atomic mass is 10.2. The maximum absolute atomic E-state index is 13.8. The van der Waals surface area contributed by atoms with Gasteiger partial charge in [-0.2, -0.15) is 4.98 Å². The second-order valence-electron chi connectivity index (χ2n) is 6.89. The Kier molecular flexibility index (Phi) is 5.64. The summed E-state index contributed by atoms with van der Waals surface area (Å²) in [6.07, 6.45) is 0. The third-order valence-corrected chi connectivity index (χ3v) is 4.97. The van der Waals surface area contributed by atoms with Crippen LogP contribution in [-0.2, 0) is 13.1 Å². The van der Waals surface area contributed by atoms with Crippen LogP contribution in [0.2, 0.25) is 0 Å². The molecule has 1 aliphatic heterocycles. The Morgan fingerprint density at radius 1 is 1.00 bits per heavy atom. The number of halogens is 1. The van der Waals surface area contributed by atoms with Crippen molar-refractivity contribution in [3.63, 3.8) is 0 Å². The fourth-order valence-electron chi connectivity index (χ4n) is 3.36. The van der Waals surface area contributed by atoms with Crippen LogP contribution in [0.1, 0.15) is 11.5 Å². The number of rotatable bonds is 6. The molecule has 4 rings (SSSR count). The van der Waals surface area contributed by atoms with Crippen molar-refractivity contribution in [1.29, 1.82) is 0 Å². The van der Waals surface area contributed by atoms with Crippen LogP contribution < -0.4 is 4.74 Å². The Morgan fingerprint density at radius 3 is 2.50 bits per heavy atom. The molecule has 1 saturated heterocycles. The van der Waals surface area contributed by atoms with Gasteiger partial charge < -0.3 is 9.26 Å². The van der Waals surface area contributed by atoms with Crippen LogP contribution >= 0.6 is 0 Å². The van der Waals surface area contributed by atoms with Crippen LogP contribution in [0, 0.1) is 5.82 Å². The molecule has 146 valence electrons. The molecule has 2 heterocycles. The molecular formula is C21H23FN4O2. The molecule has 28 heavy (non-hydrogen) atoms. The normalized spacial score (nSPS) is 15.6. The lowest BCUT2D eigenvalue weighted by Gasteiger charge is -2.33. The lowest BCUT2D eigenvalue weighted by Crippen LogP contribution is -2.45. The number of aromatic nitrogens is 2. The Hall–Kier alpha value is -2.77. The van der Waals surface area contributed by atoms with Crippen molar-refractivity contribution in [3.8, 4) is 17.1 Å². The van der Waals surface area contributed by atoms with Crippen molar-refractivity contribution in [2.75, 3.05) is 33.3 Å². The smallest absolute Gasteiger partial charge is 0.241 e. The van der Waals surface area contributed by atoms with E-state index >= 15 is 0 Å². The van der Waals surface area contributed by atoms with Gasteiger partial charge in [0, 0.05) is 43.9 Å². The molecule has 0 spiro atoms. The van der Waals surface area contributed by atoms with E-state index in [1.807, 2.05) is 36.4 Å². The molecule has 0 saturated carbocycles. The SMILES string of the molecule is COc1cccc(-c2noc(CN3CCN(Cc4ccccc4F)CC3)n2)c1. The van der Waals surface area contributed by atoms with Crippen molar-refractivity contribution >= 4 is 0 Å². The summed E-state index contributed by atoms with van der Waals surface area (Å²) in [5.74, 6) is 1.78. The first-order valence-electron chi connectivity index (χ1n) is 9.36. The quantitative estimate of drug-likeness (QED) is 0.653. The summed E-state index contributed by atoms with van der Waals surface area (Å²) in [6, 6.07) is 14.6. The van der Waals surface area contributed by atoms with Crippen LogP contribution in [0.5, 0.6) is 5.75 Å². The van der Waals surface area contributed by atoms with E-state index in [2.05, 4.69) is 19.9 Å². The Balaban J connectivity index is 1.32. The van der Waals surface area contributed by atoms with Gasteiger partial charge in [0.25, 0.3) is 0 Å². The van der Waals surface area contributed by atoms with Crippen molar-refractivity contribution < 1.29 is 13.7 Å². The van der Waals surface area contributed by atoms with E-state index in [0.717, 1.165) is 43.1 Å². The van der Waals surface area contributed by atoms with E-state index in [1.165, 1.54) is 6.07 Å². The second kappa shape index (κ2) is 8.50. The molecular weight excluding hydrogens is 359 g/mol. The molecule has 1 fully saturated rings. The highest BCUT2D eigenvalue weighted by Crippen LogP contribution is 2.21. The van der Waals surface area contributed by atoms with Crippen LogP contribution in [0.4, 0.5) is 4.39 Å². The molecule has 1 aromatic heterocycles. The molecule has 2 aromatic carbocycles. The molecule has 1 aliphatic rings. The summed E-state index contributed by atoms with van der Waals surface area (Å²) >= 11 is 0. The first kappa shape index (κ1) is 18.6. The molecule has 0 amide bonds. The average Bonchev–Trinajstić information content (AvgIpc) is 3.20. The predicted octanol–water partition coefficient (Wildman–Crippen LogP) is 3.20. The third-order valence-electron chi connectivity index (χ3n) is 4.97. The molecule has 0 radical (unpaired) electrons. The van der Waals surface area contributed by atoms with Gasteiger partial charge in [-0.1, -0.05) is 35.5 Å². The highest BCUT2D eigenvalue weighted by Gasteiger charge is 2.20. The van der Waals surface area contributed by atoms with E-state index < -0.39 is 0 Å². The first-order valence-corrected chi connectivity index (χ1v) is 9.36. The number of hydrogen-bond acceptors (Lipinski definition) is 6. The van der Waals surface area contributed by atoms with E-state index in [1.54, 1.807) is 13.2 Å². The van der Waals surface area contributed by atoms with Gasteiger partial charge in [-0.15, -0.1) is 0 Å². The third kappa shape index (κ3) is 4.37. The van der Waals surface area contributed by atoms with Crippen molar-refractivity contribution in [2.45, 2.75) is 13.1 Å². The monoisotopic (exact) mass is 382 g/mol. The minimum Gasteiger partial charge on any atom is -0.497 e. The zero-order valence-electron chi connectivity index (χ0n) is 15.8. The van der Waals surface area contributed by atoms with Gasteiger partial charge in [0.1, 0.15) is 11.6 Å². The highest BCUT2D eigenvalue weighted by molar-refractivity contribution is 5.56. The maximum atomic E-state index is 13.8. The van der Waals surface area contributed by atoms with Gasteiger partial charge in [0.05, 0.1) is 13.7 Å². The largest absolute Gasteiger partial charge is 0.497 e. The summed E-state index contributed by atoms with van der Waals surface area (Å²) in [5.41, 5.74) is 1.61. The van der Waals surface area contributed by atoms with E-state index in [-0.39, 0.29) is 5.82 Å². The summed E-state index contributed by atoms with van der Waals surface area (Å²) in [5, 5.41) is 4.09. The standard InChI is InChI=1S/C21H23FN4O2/c1-27-18-7-4-6-16(13-18)21-23-20(28-24-21)15-26-11-9-25(10-12-26)14-17-5-2-3-8-19(17)22/h2-8,13H,9-12,14-15H2,1H3. The minimum atomic E-state index is -0.138. The molecule has 0 unspecified atom stereocenters. The van der Waals surface area contributed by atoms with E-state index in [9.17, 15) is 4.39 Å². The zero-order chi connectivity index (χ0) is 19.3. The molecule has 7 heteroatoms. The summed E-state index contributed by atoms with van der Waals surface area (Å²) < 4.78 is 24.5. The van der Waals surface area contributed by atoms with Gasteiger partial charge in [0.2, 0.25) is 11.7 Å². The van der Waals surface area contributed by atoms with Crippen molar-refractivity contribution in [1.82, 2.24) is 19.9 Å². The Morgan fingerprint density at radius 2 is 1.75 bits per heavy atom. The van der Waals surface area contributed by atoms with Crippen LogP contribution in [0.15, 0.2) is 53.1 Å². The van der Waals surface area contributed by atoms with Crippen LogP contribution in [0.25, 0.3) is 11.4 Å². The van der Waals surface area contributed by atoms with Gasteiger partial charge in [-0.3, -0.25) is 9.80 Å². The maximum Gasteiger partial charge on any atom is 0.241 e. The van der Waals surface area contributed by atoms with Crippen molar-refractivity contribution in [3.05, 3.63) is 65.8 Å². The lowest BCUT2D eigenvalue weighted by molar-refractivity contribution is 0.111. The van der Waals surface area contributed by atoms with Gasteiger partial charge >= 0.3 is 0 Å². The predicted molar refractivity (Wildman–Crippen MR) is 103 cm³/mol. The fourth-order valence-corrected chi connectivity index (χ4v) is 3.36. The van der Waals surface area contributed by atoms with Crippen molar-refractivity contribution in [2.24, 2.45) is 0 Å². The first-order chi connectivity index (χ1) is 13.7. The number of benzene rings is 2. The Labute approximate surface area is 163 Å². The summed E-state index contributed by atoms with van der Waals surface area (Å²) in [7, 11) is 1.63. The number of piperazine rings is 1. The fraction of sp³-hybridized carbons (Fsp3) is 0.333. The molecule has 0 N–H and O–H groups in total. The molecule has 3 aromatic rings. The molecule has 0 atom stereocenters. The molecule has 6 nitrogen and oxygen atoms in total. The topological polar surface area (TPSA) is 54.6 Å². The van der Waals surface area contributed by atoms with Crippen LogP contribution in [0.3, 0.4) is 0 Å². The second-order valence-corrected chi connectivity index (χ2v) is 6.89. The van der Waals surface area contributed by atoms with E-state index in [0.29, 0.717) is 24.8 Å². The summed E-state index contributed by atoms with van der Waals surface area (Å²) in [4.78, 5) is 9.06. The Bertz CT molecular complexity index is 922. The van der Waals surface area contributed by atoms with Gasteiger partial charge in [-0.25, -0.2) is 4.39 Å². The number of hydrogen-bond donors (Lipinski definition) is 0. The molecule has 0 bridgehead atoms. The number of methoxy groups -OCH3 is 1. The number of nitrogens with zero attached hydrogens (tertiary/aromatic N) is 4. The van der Waals surface area contributed by atoms with Gasteiger partial charge in [0.15, 0.2) is 0 Å². The molecule has 0 aliphatic carbocycles. The van der Waals surface area contributed by atoms with Gasteiger partial charge in [-0.05, 0) is 18.2 Å². The minimum absolute atomic E-state index is 0.138. The van der Waals surface area contributed by atoms with E-state index in [4.69, 9.17) is 9.26 Å². The highest BCUT2D eigenvalue weighted by atomic mass is 19.1.